The number of hydrogen-bond donors (Lipinski definition) is 2. The van der Waals surface area contributed by atoms with Gasteiger partial charge in [-0.2, -0.15) is 0 Å². The molecule has 0 unspecified atom stereocenters. The van der Waals surface area contributed by atoms with E-state index in [2.05, 4.69) is 4.90 Å². The van der Waals surface area contributed by atoms with E-state index in [9.17, 15) is 15.0 Å². The molecule has 0 aliphatic rings. The molecule has 1 aromatic rings. The van der Waals surface area contributed by atoms with Gasteiger partial charge in [-0.3, -0.25) is 4.79 Å². The summed E-state index contributed by atoms with van der Waals surface area (Å²) in [7, 11) is 7.82. The molecule has 0 bridgehead atoms. The maximum Gasteiger partial charge on any atom is 0.223 e. The van der Waals surface area contributed by atoms with Crippen molar-refractivity contribution in [3.63, 3.8) is 0 Å². The fraction of sp³-hybridized carbons (Fsp3) is 0.667. The van der Waals surface area contributed by atoms with E-state index in [4.69, 9.17) is 0 Å². The van der Waals surface area contributed by atoms with E-state index < -0.39 is 5.43 Å². The molecule has 2 N–H and O–H groups in total. The third-order valence-corrected chi connectivity index (χ3v) is 3.34. The predicted molar refractivity (Wildman–Crippen MR) is 83.5 cm³/mol. The van der Waals surface area contributed by atoms with Crippen LogP contribution in [0.15, 0.2) is 10.9 Å². The summed E-state index contributed by atoms with van der Waals surface area (Å²) >= 11 is 0. The van der Waals surface area contributed by atoms with Crippen molar-refractivity contribution in [3.8, 4) is 5.75 Å². The second-order valence-corrected chi connectivity index (χ2v) is 5.85. The van der Waals surface area contributed by atoms with Crippen molar-refractivity contribution in [3.05, 3.63) is 27.7 Å². The smallest absolute Gasteiger partial charge is 0.223 e. The standard InChI is InChI=1S/C15H27N3O3/c1-16(2)7-5-6-8-18-12(11-19)9-14(20)15(21)13(18)10-17(3)4/h9,19,21H,5-8,10-11H2,1-4H3. The lowest BCUT2D eigenvalue weighted by Gasteiger charge is -2.21. The van der Waals surface area contributed by atoms with Crippen molar-refractivity contribution in [1.29, 1.82) is 0 Å². The van der Waals surface area contributed by atoms with Gasteiger partial charge in [0.05, 0.1) is 12.3 Å². The number of nitrogens with zero attached hydrogens (tertiary/aromatic N) is 3. The van der Waals surface area contributed by atoms with Gasteiger partial charge in [-0.05, 0) is 47.6 Å². The molecule has 0 saturated carbocycles. The molecule has 6 heteroatoms. The van der Waals surface area contributed by atoms with Crippen molar-refractivity contribution >= 4 is 0 Å². The summed E-state index contributed by atoms with van der Waals surface area (Å²) in [5.41, 5.74) is 0.696. The molecule has 120 valence electrons. The number of unbranched alkanes of at least 4 members (excludes halogenated alkanes) is 1. The molecule has 6 nitrogen and oxygen atoms in total. The van der Waals surface area contributed by atoms with E-state index in [0.29, 0.717) is 24.5 Å². The lowest BCUT2D eigenvalue weighted by molar-refractivity contribution is 0.263. The minimum atomic E-state index is -0.430. The van der Waals surface area contributed by atoms with Gasteiger partial charge in [-0.25, -0.2) is 0 Å². The zero-order valence-corrected chi connectivity index (χ0v) is 13.5. The molecule has 1 heterocycles. The quantitative estimate of drug-likeness (QED) is 0.682. The topological polar surface area (TPSA) is 68.9 Å². The Labute approximate surface area is 126 Å². The van der Waals surface area contributed by atoms with Gasteiger partial charge >= 0.3 is 0 Å². The molecule has 0 aliphatic heterocycles. The zero-order chi connectivity index (χ0) is 16.0. The van der Waals surface area contributed by atoms with Crippen LogP contribution >= 0.6 is 0 Å². The maximum absolute atomic E-state index is 11.8. The first-order valence-electron chi connectivity index (χ1n) is 7.21. The SMILES string of the molecule is CN(C)CCCCn1c(CO)cc(=O)c(O)c1CN(C)C. The van der Waals surface area contributed by atoms with E-state index in [0.717, 1.165) is 19.4 Å². The highest BCUT2D eigenvalue weighted by atomic mass is 16.3. The molecular formula is C15H27N3O3. The average molecular weight is 297 g/mol. The monoisotopic (exact) mass is 297 g/mol. The lowest BCUT2D eigenvalue weighted by Crippen LogP contribution is -2.23. The molecular weight excluding hydrogens is 270 g/mol. The average Bonchev–Trinajstić information content (AvgIpc) is 2.40. The van der Waals surface area contributed by atoms with Crippen LogP contribution in [0.1, 0.15) is 24.2 Å². The molecule has 1 aromatic heterocycles. The Hall–Kier alpha value is -1.37. The van der Waals surface area contributed by atoms with Crippen LogP contribution in [0.25, 0.3) is 0 Å². The van der Waals surface area contributed by atoms with Gasteiger partial charge in [0.1, 0.15) is 0 Å². The van der Waals surface area contributed by atoms with Crippen LogP contribution < -0.4 is 5.43 Å². The van der Waals surface area contributed by atoms with Gasteiger partial charge in [-0.15, -0.1) is 0 Å². The Morgan fingerprint density at radius 3 is 2.33 bits per heavy atom. The summed E-state index contributed by atoms with van der Waals surface area (Å²) in [4.78, 5) is 15.8. The summed E-state index contributed by atoms with van der Waals surface area (Å²) in [6.07, 6.45) is 1.94. The normalized spacial score (nSPS) is 11.6. The van der Waals surface area contributed by atoms with E-state index >= 15 is 0 Å². The first kappa shape index (κ1) is 17.7. The van der Waals surface area contributed by atoms with Gasteiger partial charge in [0.2, 0.25) is 5.43 Å². The number of aromatic nitrogens is 1. The van der Waals surface area contributed by atoms with Crippen molar-refractivity contribution < 1.29 is 10.2 Å². The number of rotatable bonds is 8. The Morgan fingerprint density at radius 1 is 1.14 bits per heavy atom. The van der Waals surface area contributed by atoms with Crippen LogP contribution in [0.5, 0.6) is 5.75 Å². The minimum Gasteiger partial charge on any atom is -0.503 e. The van der Waals surface area contributed by atoms with Crippen LogP contribution in [0, 0.1) is 0 Å². The van der Waals surface area contributed by atoms with E-state index in [-0.39, 0.29) is 12.4 Å². The summed E-state index contributed by atoms with van der Waals surface area (Å²) in [6.45, 7) is 1.93. The Morgan fingerprint density at radius 2 is 1.81 bits per heavy atom. The fourth-order valence-electron chi connectivity index (χ4n) is 2.31. The van der Waals surface area contributed by atoms with Crippen molar-refractivity contribution in [2.45, 2.75) is 32.5 Å². The van der Waals surface area contributed by atoms with Gasteiger partial charge < -0.3 is 24.6 Å². The predicted octanol–water partition coefficient (Wildman–Crippen LogP) is 0.450. The van der Waals surface area contributed by atoms with Crippen molar-refractivity contribution in [2.24, 2.45) is 0 Å². The largest absolute Gasteiger partial charge is 0.503 e. The van der Waals surface area contributed by atoms with Crippen LogP contribution in [0.4, 0.5) is 0 Å². The minimum absolute atomic E-state index is 0.205. The molecule has 0 aromatic carbocycles. The van der Waals surface area contributed by atoms with Crippen LogP contribution in [-0.4, -0.2) is 59.3 Å². The number of hydrogen-bond acceptors (Lipinski definition) is 5. The second-order valence-electron chi connectivity index (χ2n) is 5.85. The summed E-state index contributed by atoms with van der Waals surface area (Å²) < 4.78 is 1.87. The molecule has 0 fully saturated rings. The van der Waals surface area contributed by atoms with Gasteiger partial charge in [0, 0.05) is 24.8 Å². The highest BCUT2D eigenvalue weighted by molar-refractivity contribution is 5.30. The van der Waals surface area contributed by atoms with Gasteiger partial charge in [-0.1, -0.05) is 0 Å². The first-order valence-corrected chi connectivity index (χ1v) is 7.21. The number of aromatic hydroxyl groups is 1. The van der Waals surface area contributed by atoms with Gasteiger partial charge in [0.15, 0.2) is 5.75 Å². The summed E-state index contributed by atoms with van der Waals surface area (Å²) in [5, 5.41) is 19.5. The Balaban J connectivity index is 3.02. The van der Waals surface area contributed by atoms with E-state index in [1.165, 1.54) is 6.07 Å². The molecule has 0 aliphatic carbocycles. The Bertz CT molecular complexity index is 510. The molecule has 21 heavy (non-hydrogen) atoms. The van der Waals surface area contributed by atoms with Crippen LogP contribution in [0.3, 0.4) is 0 Å². The van der Waals surface area contributed by atoms with Crippen LogP contribution in [-0.2, 0) is 19.7 Å². The third kappa shape index (κ3) is 5.15. The molecule has 1 rings (SSSR count). The van der Waals surface area contributed by atoms with Crippen molar-refractivity contribution in [2.75, 3.05) is 34.7 Å². The molecule has 0 spiro atoms. The maximum atomic E-state index is 11.8. The van der Waals surface area contributed by atoms with E-state index in [1.807, 2.05) is 37.7 Å². The van der Waals surface area contributed by atoms with Crippen molar-refractivity contribution in [1.82, 2.24) is 14.4 Å². The first-order chi connectivity index (χ1) is 9.86. The molecule has 0 amide bonds. The number of aliphatic hydroxyl groups excluding tert-OH is 1. The zero-order valence-electron chi connectivity index (χ0n) is 13.5. The lowest BCUT2D eigenvalue weighted by atomic mass is 10.2. The van der Waals surface area contributed by atoms with Crippen LogP contribution in [0.2, 0.25) is 0 Å². The highest BCUT2D eigenvalue weighted by Gasteiger charge is 2.15. The van der Waals surface area contributed by atoms with E-state index in [1.54, 1.807) is 0 Å². The second kappa shape index (κ2) is 8.17. The number of aliphatic hydroxyl groups is 1. The summed E-state index contributed by atoms with van der Waals surface area (Å²) in [6, 6.07) is 1.32. The third-order valence-electron chi connectivity index (χ3n) is 3.34. The Kier molecular flexibility index (Phi) is 6.87. The summed E-state index contributed by atoms with van der Waals surface area (Å²) in [5.74, 6) is -0.214. The highest BCUT2D eigenvalue weighted by Crippen LogP contribution is 2.17. The van der Waals surface area contributed by atoms with Gasteiger partial charge in [0.25, 0.3) is 0 Å². The molecule has 0 atom stereocenters. The molecule has 0 radical (unpaired) electrons. The number of pyridine rings is 1. The fourth-order valence-corrected chi connectivity index (χ4v) is 2.31. The molecule has 0 saturated heterocycles.